The normalized spacial score (nSPS) is 15.4. The fourth-order valence-corrected chi connectivity index (χ4v) is 6.83. The van der Waals surface area contributed by atoms with E-state index in [1.165, 1.54) is 32.2 Å². The summed E-state index contributed by atoms with van der Waals surface area (Å²) in [6, 6.07) is 14.9. The Morgan fingerprint density at radius 2 is 1.93 bits per heavy atom. The van der Waals surface area contributed by atoms with Crippen molar-refractivity contribution < 1.29 is 31.9 Å². The van der Waals surface area contributed by atoms with Crippen molar-refractivity contribution in [3.05, 3.63) is 89.4 Å². The highest BCUT2D eigenvalue weighted by Crippen LogP contribution is 2.38. The predicted octanol–water partition coefficient (Wildman–Crippen LogP) is 5.71. The third-order valence-electron chi connectivity index (χ3n) is 8.19. The third-order valence-corrected chi connectivity index (χ3v) is 9.83. The molecule has 1 aliphatic heterocycles. The van der Waals surface area contributed by atoms with Gasteiger partial charge >= 0.3 is 6.09 Å². The minimum Gasteiger partial charge on any atom is -0.496 e. The number of halogens is 1. The number of hydrogen-bond donors (Lipinski definition) is 2. The number of carbonyl (C=O) groups excluding carboxylic acids is 2. The van der Waals surface area contributed by atoms with Gasteiger partial charge in [0.25, 0.3) is 0 Å². The molecule has 1 aromatic heterocycles. The lowest BCUT2D eigenvalue weighted by Crippen LogP contribution is -2.39. The summed E-state index contributed by atoms with van der Waals surface area (Å²) in [6.07, 6.45) is 1.77. The maximum Gasteiger partial charge on any atom is 0.428 e. The van der Waals surface area contributed by atoms with Crippen molar-refractivity contribution >= 4 is 50.0 Å². The smallest absolute Gasteiger partial charge is 0.428 e. The molecule has 13 heteroatoms. The molecule has 242 valence electrons. The number of hydrogen-bond acceptors (Lipinski definition) is 9. The number of carbonyl (C=O) groups is 2. The van der Waals surface area contributed by atoms with E-state index in [9.17, 15) is 18.0 Å². The zero-order valence-electron chi connectivity index (χ0n) is 26.0. The van der Waals surface area contributed by atoms with E-state index < -0.39 is 39.9 Å². The quantitative estimate of drug-likeness (QED) is 0.233. The van der Waals surface area contributed by atoms with Crippen molar-refractivity contribution in [3.63, 3.8) is 0 Å². The van der Waals surface area contributed by atoms with Gasteiger partial charge in [-0.25, -0.2) is 22.6 Å². The van der Waals surface area contributed by atoms with E-state index in [1.807, 2.05) is 6.07 Å². The summed E-state index contributed by atoms with van der Waals surface area (Å²) in [5, 5.41) is 4.78. The second kappa shape index (κ2) is 13.2. The Hall–Kier alpha value is -4.91. The Balaban J connectivity index is 1.55. The maximum atomic E-state index is 15.7. The SMILES string of the molecule is CCS(=O)(=O)N(C(=O)OC)c1cccc([C@H]2CCCN2C(=O)[C@@H](Nc2ccc3c(N)nccc3c2)c2cc(OC)c(C)cc2F)c1. The summed E-state index contributed by atoms with van der Waals surface area (Å²) >= 11 is 0. The molecule has 2 amide bonds. The van der Waals surface area contributed by atoms with Gasteiger partial charge in [-0.05, 0) is 91.7 Å². The monoisotopic (exact) mass is 649 g/mol. The molecule has 0 unspecified atom stereocenters. The number of likely N-dealkylation sites (tertiary alicyclic amines) is 1. The lowest BCUT2D eigenvalue weighted by molar-refractivity contribution is -0.133. The van der Waals surface area contributed by atoms with Crippen molar-refractivity contribution in [3.8, 4) is 5.75 Å². The fraction of sp³-hybridized carbons (Fsp3) is 0.303. The van der Waals surface area contributed by atoms with E-state index in [4.69, 9.17) is 15.2 Å². The summed E-state index contributed by atoms with van der Waals surface area (Å²) in [5.41, 5.74) is 8.00. The number of ether oxygens (including phenoxy) is 2. The van der Waals surface area contributed by atoms with Gasteiger partial charge < -0.3 is 25.4 Å². The van der Waals surface area contributed by atoms with Crippen LogP contribution in [0.1, 0.15) is 48.5 Å². The minimum atomic E-state index is -4.01. The first-order valence-corrected chi connectivity index (χ1v) is 16.4. The number of fused-ring (bicyclic) bond motifs is 1. The summed E-state index contributed by atoms with van der Waals surface area (Å²) in [4.78, 5) is 32.8. The summed E-state index contributed by atoms with van der Waals surface area (Å²) < 4.78 is 52.2. The number of benzene rings is 3. The molecule has 46 heavy (non-hydrogen) atoms. The molecule has 1 fully saturated rings. The van der Waals surface area contributed by atoms with Crippen LogP contribution >= 0.6 is 0 Å². The van der Waals surface area contributed by atoms with Crippen LogP contribution < -0.4 is 20.1 Å². The lowest BCUT2D eigenvalue weighted by Gasteiger charge is -2.31. The van der Waals surface area contributed by atoms with E-state index >= 15 is 4.39 Å². The number of sulfonamides is 1. The Morgan fingerprint density at radius 1 is 1.15 bits per heavy atom. The number of nitrogens with zero attached hydrogens (tertiary/aromatic N) is 3. The minimum absolute atomic E-state index is 0.0967. The van der Waals surface area contributed by atoms with Crippen LogP contribution in [0.5, 0.6) is 5.75 Å². The topological polar surface area (TPSA) is 144 Å². The number of amides is 2. The zero-order chi connectivity index (χ0) is 33.2. The van der Waals surface area contributed by atoms with Crippen LogP contribution in [0.4, 0.5) is 26.4 Å². The number of aromatic nitrogens is 1. The zero-order valence-corrected chi connectivity index (χ0v) is 26.8. The van der Waals surface area contributed by atoms with E-state index in [2.05, 4.69) is 10.3 Å². The maximum absolute atomic E-state index is 15.7. The van der Waals surface area contributed by atoms with Gasteiger partial charge in [-0.2, -0.15) is 4.31 Å². The number of rotatable bonds is 9. The Bertz CT molecular complexity index is 1900. The van der Waals surface area contributed by atoms with Crippen LogP contribution in [0, 0.1) is 12.7 Å². The number of nitrogens with one attached hydrogen (secondary N) is 1. The average molecular weight is 650 g/mol. The molecule has 2 atom stereocenters. The first-order valence-electron chi connectivity index (χ1n) is 14.7. The summed E-state index contributed by atoms with van der Waals surface area (Å²) in [5.74, 6) is -0.491. The third kappa shape index (κ3) is 6.27. The van der Waals surface area contributed by atoms with Gasteiger partial charge in [-0.1, -0.05) is 12.1 Å². The molecule has 0 spiro atoms. The van der Waals surface area contributed by atoms with Crippen molar-refractivity contribution in [1.82, 2.24) is 9.88 Å². The van der Waals surface area contributed by atoms with Gasteiger partial charge in [0.2, 0.25) is 15.9 Å². The number of nitrogens with two attached hydrogens (primary N) is 1. The second-order valence-corrected chi connectivity index (χ2v) is 13.1. The Morgan fingerprint density at radius 3 is 2.65 bits per heavy atom. The Kier molecular flexibility index (Phi) is 9.33. The van der Waals surface area contributed by atoms with E-state index in [0.717, 1.165) is 17.9 Å². The molecule has 0 bridgehead atoms. The van der Waals surface area contributed by atoms with Crippen LogP contribution in [-0.4, -0.2) is 56.8 Å². The van der Waals surface area contributed by atoms with Gasteiger partial charge in [0.1, 0.15) is 23.4 Å². The molecule has 0 radical (unpaired) electrons. The lowest BCUT2D eigenvalue weighted by atomic mass is 9.99. The van der Waals surface area contributed by atoms with Crippen molar-refractivity contribution in [2.45, 2.75) is 38.8 Å². The molecule has 0 saturated carbocycles. The predicted molar refractivity (Wildman–Crippen MR) is 175 cm³/mol. The van der Waals surface area contributed by atoms with Gasteiger partial charge in [-0.15, -0.1) is 0 Å². The first-order chi connectivity index (χ1) is 22.0. The number of aryl methyl sites for hydroxylation is 1. The van der Waals surface area contributed by atoms with Crippen LogP contribution in [0.2, 0.25) is 0 Å². The summed E-state index contributed by atoms with van der Waals surface area (Å²) in [6.45, 7) is 3.53. The van der Waals surface area contributed by atoms with Crippen molar-refractivity contribution in [2.75, 3.05) is 41.9 Å². The Labute approximate surface area is 267 Å². The van der Waals surface area contributed by atoms with Crippen molar-refractivity contribution in [1.29, 1.82) is 0 Å². The number of methoxy groups -OCH3 is 2. The standard InChI is InChI=1S/C33H36FN5O6S/c1-5-46(42,43)39(33(41)45-4)24-9-6-8-22(18-24)28-10-7-15-38(28)32(40)30(26-19-29(44-3)20(2)16-27(26)34)37-23-11-12-25-21(17-23)13-14-36-31(25)35/h6,8-9,11-14,16-19,28,30,37H,5,7,10,15H2,1-4H3,(H2,35,36)/t28-,30+/m1/s1. The highest BCUT2D eigenvalue weighted by Gasteiger charge is 2.37. The van der Waals surface area contributed by atoms with Crippen LogP contribution in [-0.2, 0) is 19.6 Å². The molecule has 3 aromatic carbocycles. The molecule has 2 heterocycles. The molecular formula is C33H36FN5O6S. The van der Waals surface area contributed by atoms with E-state index in [0.29, 0.717) is 52.1 Å². The average Bonchev–Trinajstić information content (AvgIpc) is 3.54. The molecule has 0 aliphatic carbocycles. The van der Waals surface area contributed by atoms with Gasteiger partial charge in [0, 0.05) is 29.4 Å². The number of pyridine rings is 1. The molecule has 11 nitrogen and oxygen atoms in total. The molecule has 1 aliphatic rings. The second-order valence-electron chi connectivity index (χ2n) is 11.0. The molecule has 1 saturated heterocycles. The van der Waals surface area contributed by atoms with E-state index in [-0.39, 0.29) is 17.0 Å². The highest BCUT2D eigenvalue weighted by molar-refractivity contribution is 7.93. The highest BCUT2D eigenvalue weighted by atomic mass is 32.2. The van der Waals surface area contributed by atoms with E-state index in [1.54, 1.807) is 54.4 Å². The van der Waals surface area contributed by atoms with Gasteiger partial charge in [0.15, 0.2) is 0 Å². The molecule has 4 aromatic rings. The molecule has 3 N–H and O–H groups in total. The molecule has 5 rings (SSSR count). The van der Waals surface area contributed by atoms with Crippen molar-refractivity contribution in [2.24, 2.45) is 0 Å². The number of anilines is 3. The first kappa shape index (κ1) is 32.5. The summed E-state index contributed by atoms with van der Waals surface area (Å²) in [7, 11) is -1.42. The molecular weight excluding hydrogens is 613 g/mol. The van der Waals surface area contributed by atoms with Gasteiger partial charge in [-0.3, -0.25) is 4.79 Å². The number of nitrogen functional groups attached to an aromatic ring is 1. The van der Waals surface area contributed by atoms with Crippen LogP contribution in [0.15, 0.2) is 66.9 Å². The fourth-order valence-electron chi connectivity index (χ4n) is 5.83. The van der Waals surface area contributed by atoms with Crippen LogP contribution in [0.25, 0.3) is 10.8 Å². The largest absolute Gasteiger partial charge is 0.496 e. The van der Waals surface area contributed by atoms with Gasteiger partial charge in [0.05, 0.1) is 31.7 Å². The van der Waals surface area contributed by atoms with Crippen LogP contribution in [0.3, 0.4) is 0 Å².